The van der Waals surface area contributed by atoms with E-state index in [1.165, 1.54) is 6.07 Å². The maximum Gasteiger partial charge on any atom is 0.146 e. The van der Waals surface area contributed by atoms with Crippen molar-refractivity contribution in [2.75, 3.05) is 11.9 Å². The lowest BCUT2D eigenvalue weighted by Crippen LogP contribution is -2.09. The highest BCUT2D eigenvalue weighted by Gasteiger charge is 2.14. The van der Waals surface area contributed by atoms with Gasteiger partial charge in [0.25, 0.3) is 0 Å². The molecule has 1 N–H and O–H groups in total. The molecule has 70 valence electrons. The summed E-state index contributed by atoms with van der Waals surface area (Å²) in [4.78, 5) is 0. The second-order valence-electron chi connectivity index (χ2n) is 3.80. The van der Waals surface area contributed by atoms with Crippen LogP contribution in [0, 0.1) is 11.7 Å². The number of benzene rings is 1. The minimum absolute atomic E-state index is 0.119. The van der Waals surface area contributed by atoms with Gasteiger partial charge in [-0.1, -0.05) is 19.1 Å². The molecular formula is C11H14FN. The summed E-state index contributed by atoms with van der Waals surface area (Å²) in [7, 11) is 0. The third kappa shape index (κ3) is 1.67. The maximum atomic E-state index is 13.3. The van der Waals surface area contributed by atoms with Crippen LogP contribution in [0.25, 0.3) is 0 Å². The molecular weight excluding hydrogens is 165 g/mol. The fourth-order valence-corrected chi connectivity index (χ4v) is 1.76. The van der Waals surface area contributed by atoms with Crippen molar-refractivity contribution in [2.24, 2.45) is 5.92 Å². The predicted molar refractivity (Wildman–Crippen MR) is 52.4 cm³/mol. The second-order valence-corrected chi connectivity index (χ2v) is 3.80. The number of para-hydroxylation sites is 1. The van der Waals surface area contributed by atoms with Gasteiger partial charge in [0.15, 0.2) is 0 Å². The van der Waals surface area contributed by atoms with Crippen LogP contribution in [0.5, 0.6) is 0 Å². The number of hydrogen-bond donors (Lipinski definition) is 1. The quantitative estimate of drug-likeness (QED) is 0.645. The highest BCUT2D eigenvalue weighted by Crippen LogP contribution is 2.25. The van der Waals surface area contributed by atoms with Gasteiger partial charge in [-0.15, -0.1) is 0 Å². The molecule has 0 aromatic heterocycles. The summed E-state index contributed by atoms with van der Waals surface area (Å²) in [6.45, 7) is 3.07. The molecule has 1 aliphatic heterocycles. The third-order valence-corrected chi connectivity index (χ3v) is 2.63. The SMILES string of the molecule is CC1CCc2cccc(F)c2NC1. The second kappa shape index (κ2) is 3.36. The Kier molecular flexibility index (Phi) is 2.21. The van der Waals surface area contributed by atoms with E-state index in [-0.39, 0.29) is 5.82 Å². The standard InChI is InChI=1S/C11H14FN/c1-8-5-6-9-3-2-4-10(12)11(9)13-7-8/h2-4,8,13H,5-7H2,1H3. The molecule has 0 radical (unpaired) electrons. The van der Waals surface area contributed by atoms with E-state index in [9.17, 15) is 4.39 Å². The summed E-state index contributed by atoms with van der Waals surface area (Å²) >= 11 is 0. The number of rotatable bonds is 0. The Balaban J connectivity index is 2.35. The van der Waals surface area contributed by atoms with Crippen molar-refractivity contribution in [1.29, 1.82) is 0 Å². The zero-order chi connectivity index (χ0) is 9.26. The van der Waals surface area contributed by atoms with Gasteiger partial charge in [-0.05, 0) is 30.4 Å². The molecule has 1 heterocycles. The van der Waals surface area contributed by atoms with Crippen molar-refractivity contribution in [3.8, 4) is 0 Å². The molecule has 0 fully saturated rings. The first kappa shape index (κ1) is 8.54. The van der Waals surface area contributed by atoms with Crippen molar-refractivity contribution in [2.45, 2.75) is 19.8 Å². The molecule has 1 aromatic carbocycles. The van der Waals surface area contributed by atoms with Gasteiger partial charge in [-0.2, -0.15) is 0 Å². The fraction of sp³-hybridized carbons (Fsp3) is 0.455. The maximum absolute atomic E-state index is 13.3. The van der Waals surface area contributed by atoms with Crippen LogP contribution >= 0.6 is 0 Å². The Morgan fingerprint density at radius 2 is 2.31 bits per heavy atom. The number of nitrogens with one attached hydrogen (secondary N) is 1. The molecule has 0 aliphatic carbocycles. The molecule has 1 aromatic rings. The topological polar surface area (TPSA) is 12.0 Å². The van der Waals surface area contributed by atoms with Gasteiger partial charge in [0, 0.05) is 6.54 Å². The average molecular weight is 179 g/mol. The molecule has 1 atom stereocenters. The molecule has 13 heavy (non-hydrogen) atoms. The van der Waals surface area contributed by atoms with Crippen LogP contribution in [0.1, 0.15) is 18.9 Å². The third-order valence-electron chi connectivity index (χ3n) is 2.63. The first-order chi connectivity index (χ1) is 6.27. The molecule has 2 rings (SSSR count). The zero-order valence-electron chi connectivity index (χ0n) is 7.81. The van der Waals surface area contributed by atoms with Crippen molar-refractivity contribution in [3.63, 3.8) is 0 Å². The van der Waals surface area contributed by atoms with Gasteiger partial charge < -0.3 is 5.32 Å². The lowest BCUT2D eigenvalue weighted by atomic mass is 10.0. The largest absolute Gasteiger partial charge is 0.382 e. The smallest absolute Gasteiger partial charge is 0.146 e. The van der Waals surface area contributed by atoms with Crippen molar-refractivity contribution in [1.82, 2.24) is 0 Å². The number of halogens is 1. The summed E-state index contributed by atoms with van der Waals surface area (Å²) in [6.07, 6.45) is 2.13. The highest BCUT2D eigenvalue weighted by molar-refractivity contribution is 5.53. The molecule has 0 saturated heterocycles. The number of aryl methyl sites for hydroxylation is 1. The fourth-order valence-electron chi connectivity index (χ4n) is 1.76. The molecule has 1 nitrogen and oxygen atoms in total. The average Bonchev–Trinajstić information content (AvgIpc) is 2.30. The molecule has 0 spiro atoms. The molecule has 0 bridgehead atoms. The van der Waals surface area contributed by atoms with Gasteiger partial charge >= 0.3 is 0 Å². The summed E-state index contributed by atoms with van der Waals surface area (Å²) in [5.41, 5.74) is 1.83. The monoisotopic (exact) mass is 179 g/mol. The van der Waals surface area contributed by atoms with E-state index in [0.29, 0.717) is 11.6 Å². The number of anilines is 1. The minimum atomic E-state index is -0.119. The summed E-state index contributed by atoms with van der Waals surface area (Å²) < 4.78 is 13.3. The molecule has 0 saturated carbocycles. The van der Waals surface area contributed by atoms with Crippen LogP contribution in [0.15, 0.2) is 18.2 Å². The molecule has 2 heteroatoms. The van der Waals surface area contributed by atoms with E-state index in [1.807, 2.05) is 6.07 Å². The van der Waals surface area contributed by atoms with Crippen molar-refractivity contribution < 1.29 is 4.39 Å². The van der Waals surface area contributed by atoms with Gasteiger partial charge in [-0.3, -0.25) is 0 Å². The van der Waals surface area contributed by atoms with E-state index in [0.717, 1.165) is 24.9 Å². The van der Waals surface area contributed by atoms with Crippen LogP contribution in [-0.2, 0) is 6.42 Å². The summed E-state index contributed by atoms with van der Waals surface area (Å²) in [6, 6.07) is 5.30. The first-order valence-electron chi connectivity index (χ1n) is 4.78. The Labute approximate surface area is 78.0 Å². The van der Waals surface area contributed by atoms with E-state index in [4.69, 9.17) is 0 Å². The van der Waals surface area contributed by atoms with E-state index in [2.05, 4.69) is 12.2 Å². The summed E-state index contributed by atoms with van der Waals surface area (Å²) in [5, 5.41) is 3.17. The van der Waals surface area contributed by atoms with Crippen LogP contribution in [0.4, 0.5) is 10.1 Å². The number of fused-ring (bicyclic) bond motifs is 1. The lowest BCUT2D eigenvalue weighted by molar-refractivity contribution is 0.571. The van der Waals surface area contributed by atoms with Crippen molar-refractivity contribution >= 4 is 5.69 Å². The van der Waals surface area contributed by atoms with E-state index < -0.39 is 0 Å². The predicted octanol–water partition coefficient (Wildman–Crippen LogP) is 2.82. The van der Waals surface area contributed by atoms with Crippen LogP contribution < -0.4 is 5.32 Å². The number of hydrogen-bond acceptors (Lipinski definition) is 1. The zero-order valence-corrected chi connectivity index (χ0v) is 7.81. The van der Waals surface area contributed by atoms with Crippen LogP contribution in [0.3, 0.4) is 0 Å². The Hall–Kier alpha value is -1.05. The van der Waals surface area contributed by atoms with Gasteiger partial charge in [0.1, 0.15) is 5.82 Å². The van der Waals surface area contributed by atoms with Crippen molar-refractivity contribution in [3.05, 3.63) is 29.6 Å². The van der Waals surface area contributed by atoms with E-state index in [1.54, 1.807) is 6.07 Å². The summed E-state index contributed by atoms with van der Waals surface area (Å²) in [5.74, 6) is 0.512. The molecule has 1 aliphatic rings. The van der Waals surface area contributed by atoms with Gasteiger partial charge in [0.2, 0.25) is 0 Å². The normalized spacial score (nSPS) is 21.5. The van der Waals surface area contributed by atoms with Gasteiger partial charge in [-0.25, -0.2) is 4.39 Å². The van der Waals surface area contributed by atoms with Crippen LogP contribution in [0.2, 0.25) is 0 Å². The van der Waals surface area contributed by atoms with Gasteiger partial charge in [0.05, 0.1) is 5.69 Å². The lowest BCUT2D eigenvalue weighted by Gasteiger charge is -2.08. The Morgan fingerprint density at radius 1 is 1.46 bits per heavy atom. The molecule has 1 unspecified atom stereocenters. The minimum Gasteiger partial charge on any atom is -0.382 e. The van der Waals surface area contributed by atoms with E-state index >= 15 is 0 Å². The molecule has 0 amide bonds. The highest BCUT2D eigenvalue weighted by atomic mass is 19.1. The van der Waals surface area contributed by atoms with Crippen LogP contribution in [-0.4, -0.2) is 6.54 Å². The Morgan fingerprint density at radius 3 is 3.15 bits per heavy atom. The Bertz CT molecular complexity index is 309. The first-order valence-corrected chi connectivity index (χ1v) is 4.78.